The van der Waals surface area contributed by atoms with Crippen molar-refractivity contribution in [2.45, 2.75) is 38.0 Å². The summed E-state index contributed by atoms with van der Waals surface area (Å²) in [4.78, 5) is 16.7. The van der Waals surface area contributed by atoms with E-state index in [0.717, 1.165) is 37.4 Å². The van der Waals surface area contributed by atoms with Crippen molar-refractivity contribution in [3.63, 3.8) is 0 Å². The summed E-state index contributed by atoms with van der Waals surface area (Å²) < 4.78 is 5.32. The van der Waals surface area contributed by atoms with Gasteiger partial charge >= 0.3 is 0 Å². The Morgan fingerprint density at radius 3 is 2.50 bits per heavy atom. The Kier molecular flexibility index (Phi) is 5.91. The van der Waals surface area contributed by atoms with E-state index in [0.29, 0.717) is 25.5 Å². The topological polar surface area (TPSA) is 32.8 Å². The van der Waals surface area contributed by atoms with Crippen LogP contribution in [0.15, 0.2) is 30.3 Å². The Bertz CT molecular complexity index is 577. The zero-order valence-electron chi connectivity index (χ0n) is 15.8. The van der Waals surface area contributed by atoms with Crippen molar-refractivity contribution >= 4 is 5.91 Å². The molecule has 4 heteroatoms. The molecule has 1 aromatic rings. The van der Waals surface area contributed by atoms with Crippen LogP contribution in [0.5, 0.6) is 0 Å². The predicted molar refractivity (Wildman–Crippen MR) is 103 cm³/mol. The molecule has 4 rings (SSSR count). The van der Waals surface area contributed by atoms with Gasteiger partial charge in [-0.1, -0.05) is 30.3 Å². The number of nitrogens with zero attached hydrogens (tertiary/aromatic N) is 2. The lowest BCUT2D eigenvalue weighted by Gasteiger charge is -2.33. The fraction of sp³-hybridized carbons (Fsp3) is 0.682. The van der Waals surface area contributed by atoms with Crippen LogP contribution in [0, 0.1) is 11.8 Å². The van der Waals surface area contributed by atoms with Gasteiger partial charge in [-0.3, -0.25) is 4.79 Å². The standard InChI is InChI=1S/C22H32N2O2/c25-22(24-12-14-26-15-13-24)8-11-23-9-6-18(7-10-23)16-20-17-21(20)19-4-2-1-3-5-19/h1-5,18,20-21H,6-17H2/t20-,21+/m1/s1. The molecule has 2 heterocycles. The van der Waals surface area contributed by atoms with E-state index in [1.165, 1.54) is 44.3 Å². The summed E-state index contributed by atoms with van der Waals surface area (Å²) in [5.74, 6) is 2.93. The Balaban J connectivity index is 1.13. The molecule has 26 heavy (non-hydrogen) atoms. The molecule has 1 saturated carbocycles. The van der Waals surface area contributed by atoms with Crippen molar-refractivity contribution in [1.29, 1.82) is 0 Å². The highest BCUT2D eigenvalue weighted by Crippen LogP contribution is 2.51. The highest BCUT2D eigenvalue weighted by Gasteiger charge is 2.39. The number of ether oxygens (including phenoxy) is 1. The van der Waals surface area contributed by atoms with E-state index < -0.39 is 0 Å². The Hall–Kier alpha value is -1.39. The lowest BCUT2D eigenvalue weighted by Crippen LogP contribution is -2.42. The third-order valence-corrected chi connectivity index (χ3v) is 6.50. The smallest absolute Gasteiger partial charge is 0.224 e. The van der Waals surface area contributed by atoms with Gasteiger partial charge in [0.05, 0.1) is 13.2 Å². The third kappa shape index (κ3) is 4.66. The van der Waals surface area contributed by atoms with Gasteiger partial charge in [-0.2, -0.15) is 0 Å². The normalized spacial score (nSPS) is 27.5. The molecule has 3 aliphatic rings. The van der Waals surface area contributed by atoms with E-state index in [-0.39, 0.29) is 0 Å². The Labute approximate surface area is 157 Å². The number of amides is 1. The number of hydrogen-bond acceptors (Lipinski definition) is 3. The first-order valence-electron chi connectivity index (χ1n) is 10.4. The van der Waals surface area contributed by atoms with Gasteiger partial charge in [0.2, 0.25) is 5.91 Å². The highest BCUT2D eigenvalue weighted by molar-refractivity contribution is 5.76. The second-order valence-corrected chi connectivity index (χ2v) is 8.28. The van der Waals surface area contributed by atoms with Gasteiger partial charge in [-0.05, 0) is 62.1 Å². The second-order valence-electron chi connectivity index (χ2n) is 8.28. The molecule has 142 valence electrons. The minimum atomic E-state index is 0.305. The largest absolute Gasteiger partial charge is 0.378 e. The van der Waals surface area contributed by atoms with Gasteiger partial charge < -0.3 is 14.5 Å². The maximum Gasteiger partial charge on any atom is 0.224 e. The molecule has 0 unspecified atom stereocenters. The van der Waals surface area contributed by atoms with Crippen molar-refractivity contribution in [3.8, 4) is 0 Å². The molecule has 3 fully saturated rings. The summed E-state index contributed by atoms with van der Waals surface area (Å²) in [5.41, 5.74) is 1.54. The van der Waals surface area contributed by atoms with Crippen molar-refractivity contribution in [3.05, 3.63) is 35.9 Å². The summed E-state index contributed by atoms with van der Waals surface area (Å²) >= 11 is 0. The molecule has 4 nitrogen and oxygen atoms in total. The van der Waals surface area contributed by atoms with Crippen LogP contribution in [0.25, 0.3) is 0 Å². The van der Waals surface area contributed by atoms with Gasteiger partial charge in [0.15, 0.2) is 0 Å². The molecule has 2 saturated heterocycles. The monoisotopic (exact) mass is 356 g/mol. The summed E-state index contributed by atoms with van der Waals surface area (Å²) in [7, 11) is 0. The molecule has 1 aliphatic carbocycles. The summed E-state index contributed by atoms with van der Waals surface area (Å²) in [5, 5.41) is 0. The average molecular weight is 357 g/mol. The van der Waals surface area contributed by atoms with Crippen LogP contribution in [0.2, 0.25) is 0 Å². The van der Waals surface area contributed by atoms with Crippen molar-refractivity contribution in [2.75, 3.05) is 45.9 Å². The summed E-state index contributed by atoms with van der Waals surface area (Å²) in [6.07, 6.45) is 6.08. The zero-order valence-corrected chi connectivity index (χ0v) is 15.8. The van der Waals surface area contributed by atoms with E-state index in [2.05, 4.69) is 35.2 Å². The Morgan fingerprint density at radius 1 is 1.04 bits per heavy atom. The maximum absolute atomic E-state index is 12.3. The molecule has 2 atom stereocenters. The molecule has 0 bridgehead atoms. The summed E-state index contributed by atoms with van der Waals surface area (Å²) in [6, 6.07) is 11.0. The van der Waals surface area contributed by atoms with E-state index in [4.69, 9.17) is 4.74 Å². The van der Waals surface area contributed by atoms with Gasteiger partial charge in [0, 0.05) is 26.1 Å². The lowest BCUT2D eigenvalue weighted by atomic mass is 9.90. The van der Waals surface area contributed by atoms with E-state index in [9.17, 15) is 4.79 Å². The number of carbonyl (C=O) groups excluding carboxylic acids is 1. The molecule has 2 aliphatic heterocycles. The average Bonchev–Trinajstić information content (AvgIpc) is 3.48. The fourth-order valence-corrected chi connectivity index (χ4v) is 4.72. The number of rotatable bonds is 6. The molecule has 0 spiro atoms. The van der Waals surface area contributed by atoms with Gasteiger partial charge in [0.1, 0.15) is 0 Å². The number of hydrogen-bond donors (Lipinski definition) is 0. The van der Waals surface area contributed by atoms with Crippen LogP contribution in [-0.4, -0.2) is 61.6 Å². The van der Waals surface area contributed by atoms with Crippen LogP contribution in [0.3, 0.4) is 0 Å². The first kappa shape index (κ1) is 18.0. The summed E-state index contributed by atoms with van der Waals surface area (Å²) in [6.45, 7) is 6.20. The molecule has 0 aromatic heterocycles. The third-order valence-electron chi connectivity index (χ3n) is 6.50. The minimum absolute atomic E-state index is 0.305. The first-order valence-corrected chi connectivity index (χ1v) is 10.4. The van der Waals surface area contributed by atoms with Crippen molar-refractivity contribution < 1.29 is 9.53 Å². The quantitative estimate of drug-likeness (QED) is 0.785. The molecular formula is C22H32N2O2. The van der Waals surface area contributed by atoms with Crippen molar-refractivity contribution in [1.82, 2.24) is 9.80 Å². The van der Waals surface area contributed by atoms with Gasteiger partial charge in [-0.25, -0.2) is 0 Å². The predicted octanol–water partition coefficient (Wildman–Crippen LogP) is 3.14. The number of piperidine rings is 1. The van der Waals surface area contributed by atoms with Crippen LogP contribution in [0.4, 0.5) is 0 Å². The van der Waals surface area contributed by atoms with E-state index >= 15 is 0 Å². The van der Waals surface area contributed by atoms with E-state index in [1.54, 1.807) is 0 Å². The zero-order chi connectivity index (χ0) is 17.8. The highest BCUT2D eigenvalue weighted by atomic mass is 16.5. The molecule has 0 N–H and O–H groups in total. The SMILES string of the molecule is O=C(CCN1CCC(C[C@@H]2C[C@H]2c2ccccc2)CC1)N1CCOCC1. The number of carbonyl (C=O) groups is 1. The van der Waals surface area contributed by atoms with Gasteiger partial charge in [-0.15, -0.1) is 0 Å². The van der Waals surface area contributed by atoms with Crippen LogP contribution >= 0.6 is 0 Å². The Morgan fingerprint density at radius 2 is 1.77 bits per heavy atom. The van der Waals surface area contributed by atoms with Crippen LogP contribution < -0.4 is 0 Å². The molecule has 0 radical (unpaired) electrons. The van der Waals surface area contributed by atoms with Crippen LogP contribution in [-0.2, 0) is 9.53 Å². The molecular weight excluding hydrogens is 324 g/mol. The molecule has 1 aromatic carbocycles. The lowest BCUT2D eigenvalue weighted by molar-refractivity contribution is -0.135. The number of benzene rings is 1. The second kappa shape index (κ2) is 8.53. The van der Waals surface area contributed by atoms with Crippen molar-refractivity contribution in [2.24, 2.45) is 11.8 Å². The van der Waals surface area contributed by atoms with E-state index in [1.807, 2.05) is 4.90 Å². The van der Waals surface area contributed by atoms with Crippen LogP contribution in [0.1, 0.15) is 43.6 Å². The number of likely N-dealkylation sites (tertiary alicyclic amines) is 1. The maximum atomic E-state index is 12.3. The van der Waals surface area contributed by atoms with Gasteiger partial charge in [0.25, 0.3) is 0 Å². The number of morpholine rings is 1. The first-order chi connectivity index (χ1) is 12.8. The minimum Gasteiger partial charge on any atom is -0.378 e. The fourth-order valence-electron chi connectivity index (χ4n) is 4.72. The molecule has 1 amide bonds.